The summed E-state index contributed by atoms with van der Waals surface area (Å²) in [7, 11) is 0. The van der Waals surface area contributed by atoms with E-state index < -0.39 is 30.9 Å². The van der Waals surface area contributed by atoms with Gasteiger partial charge in [-0.15, -0.1) is 0 Å². The first-order valence-electron chi connectivity index (χ1n) is 8.97. The molecule has 0 bridgehead atoms. The van der Waals surface area contributed by atoms with E-state index in [-0.39, 0.29) is 34.0 Å². The molecular weight excluding hydrogens is 428 g/mol. The summed E-state index contributed by atoms with van der Waals surface area (Å²) >= 11 is 1.60. The molecular formula is C20H18N2O6S2. The third-order valence-corrected chi connectivity index (χ3v) is 7.76. The predicted molar refractivity (Wildman–Crippen MR) is 114 cm³/mol. The number of carbonyl (C=O) groups excluding carboxylic acids is 2. The first kappa shape index (κ1) is 22.0. The van der Waals surface area contributed by atoms with Gasteiger partial charge in [-0.05, 0) is 17.5 Å². The van der Waals surface area contributed by atoms with Gasteiger partial charge in [0, 0.05) is 25.0 Å². The van der Waals surface area contributed by atoms with Crippen molar-refractivity contribution in [2.24, 2.45) is 5.41 Å². The molecule has 0 atom stereocenters. The van der Waals surface area contributed by atoms with Gasteiger partial charge in [-0.25, -0.2) is 0 Å². The number of carbonyl (C=O) groups is 2. The van der Waals surface area contributed by atoms with Crippen LogP contribution in [0, 0.1) is 25.6 Å². The van der Waals surface area contributed by atoms with E-state index in [0.29, 0.717) is 0 Å². The number of nitro groups is 2. The highest BCUT2D eigenvalue weighted by molar-refractivity contribution is 8.20. The van der Waals surface area contributed by atoms with Crippen molar-refractivity contribution in [1.82, 2.24) is 0 Å². The average Bonchev–Trinajstić information content (AvgIpc) is 2.66. The Morgan fingerprint density at radius 3 is 1.50 bits per heavy atom. The molecule has 0 radical (unpaired) electrons. The van der Waals surface area contributed by atoms with Crippen LogP contribution in [0.25, 0.3) is 0 Å². The SMILES string of the molecule is CC1(C)CC(=O)C(Sc2ccccc2[N+](=O)[O-])(Sc2ccccc2[N+](=O)[O-])C(=O)C1. The molecule has 0 N–H and O–H groups in total. The highest BCUT2D eigenvalue weighted by Crippen LogP contribution is 2.55. The Bertz CT molecular complexity index is 972. The summed E-state index contributed by atoms with van der Waals surface area (Å²) in [6.45, 7) is 3.61. The minimum Gasteiger partial charge on any atom is -0.297 e. The molecule has 3 rings (SSSR count). The number of hydrogen-bond donors (Lipinski definition) is 0. The molecule has 0 spiro atoms. The van der Waals surface area contributed by atoms with E-state index in [1.165, 1.54) is 36.4 Å². The monoisotopic (exact) mass is 446 g/mol. The lowest BCUT2D eigenvalue weighted by atomic mass is 9.76. The van der Waals surface area contributed by atoms with Crippen molar-refractivity contribution < 1.29 is 19.4 Å². The van der Waals surface area contributed by atoms with Crippen molar-refractivity contribution in [1.29, 1.82) is 0 Å². The second kappa shape index (κ2) is 8.19. The lowest BCUT2D eigenvalue weighted by Gasteiger charge is -2.39. The van der Waals surface area contributed by atoms with E-state index in [1.54, 1.807) is 26.0 Å². The molecule has 8 nitrogen and oxygen atoms in total. The number of thioether (sulfide) groups is 2. The zero-order valence-corrected chi connectivity index (χ0v) is 17.8. The fourth-order valence-corrected chi connectivity index (χ4v) is 6.12. The molecule has 1 aliphatic rings. The molecule has 1 fully saturated rings. The molecule has 1 aliphatic carbocycles. The molecule has 1 saturated carbocycles. The molecule has 0 amide bonds. The largest absolute Gasteiger partial charge is 0.297 e. The molecule has 0 unspecified atom stereocenters. The number of rotatable bonds is 6. The standard InChI is InChI=1S/C20H18N2O6S2/c1-19(2)11-17(23)20(18(24)12-19,29-15-9-5-3-7-13(15)21(25)26)30-16-10-6-4-8-14(16)22(27)28/h3-10H,11-12H2,1-2H3. The van der Waals surface area contributed by atoms with Gasteiger partial charge in [-0.1, -0.05) is 61.6 Å². The number of nitro benzene ring substituents is 2. The molecule has 2 aromatic rings. The van der Waals surface area contributed by atoms with Crippen molar-refractivity contribution in [2.75, 3.05) is 0 Å². The van der Waals surface area contributed by atoms with Gasteiger partial charge in [-0.3, -0.25) is 29.8 Å². The Labute approximate surface area is 180 Å². The molecule has 10 heteroatoms. The maximum atomic E-state index is 13.3. The van der Waals surface area contributed by atoms with Crippen LogP contribution in [0.2, 0.25) is 0 Å². The van der Waals surface area contributed by atoms with Crippen LogP contribution in [0.5, 0.6) is 0 Å². The van der Waals surface area contributed by atoms with Gasteiger partial charge in [-0.2, -0.15) is 0 Å². The van der Waals surface area contributed by atoms with Crippen LogP contribution in [0.1, 0.15) is 26.7 Å². The summed E-state index contributed by atoms with van der Waals surface area (Å²) in [4.78, 5) is 48.7. The summed E-state index contributed by atoms with van der Waals surface area (Å²) in [5.74, 6) is -0.815. The minimum atomic E-state index is -1.74. The Morgan fingerprint density at radius 1 is 0.767 bits per heavy atom. The van der Waals surface area contributed by atoms with Gasteiger partial charge in [0.05, 0.1) is 19.6 Å². The first-order valence-corrected chi connectivity index (χ1v) is 10.6. The molecule has 0 saturated heterocycles. The zero-order chi connectivity index (χ0) is 22.1. The number of hydrogen-bond acceptors (Lipinski definition) is 8. The van der Waals surface area contributed by atoms with Gasteiger partial charge in [0.15, 0.2) is 15.6 Å². The van der Waals surface area contributed by atoms with E-state index in [9.17, 15) is 29.8 Å². The Morgan fingerprint density at radius 2 is 1.13 bits per heavy atom. The van der Waals surface area contributed by atoms with E-state index in [2.05, 4.69) is 0 Å². The number of Topliss-reactive ketones (excluding diaryl/α,β-unsaturated/α-hetero) is 2. The number of benzene rings is 2. The summed E-state index contributed by atoms with van der Waals surface area (Å²) < 4.78 is -1.74. The van der Waals surface area contributed by atoms with Crippen molar-refractivity contribution >= 4 is 46.5 Å². The molecule has 2 aromatic carbocycles. The molecule has 0 aromatic heterocycles. The maximum absolute atomic E-state index is 13.3. The Hall–Kier alpha value is -2.72. The Kier molecular flexibility index (Phi) is 6.00. The summed E-state index contributed by atoms with van der Waals surface area (Å²) in [5.41, 5.74) is -1.00. The number of nitrogens with zero attached hydrogens (tertiary/aromatic N) is 2. The maximum Gasteiger partial charge on any atom is 0.282 e. The number of para-hydroxylation sites is 2. The smallest absolute Gasteiger partial charge is 0.282 e. The van der Waals surface area contributed by atoms with Gasteiger partial charge in [0.2, 0.25) is 0 Å². The zero-order valence-electron chi connectivity index (χ0n) is 16.2. The molecule has 156 valence electrons. The normalized spacial score (nSPS) is 17.5. The lowest BCUT2D eigenvalue weighted by Crippen LogP contribution is -2.48. The van der Waals surface area contributed by atoms with Gasteiger partial charge in [0.1, 0.15) is 0 Å². The van der Waals surface area contributed by atoms with Crippen LogP contribution in [-0.4, -0.2) is 25.5 Å². The van der Waals surface area contributed by atoms with E-state index >= 15 is 0 Å². The second-order valence-corrected chi connectivity index (χ2v) is 10.4. The summed E-state index contributed by atoms with van der Waals surface area (Å²) in [5, 5.41) is 22.9. The van der Waals surface area contributed by atoms with Crippen LogP contribution in [0.4, 0.5) is 11.4 Å². The highest BCUT2D eigenvalue weighted by atomic mass is 32.2. The molecule has 30 heavy (non-hydrogen) atoms. The van der Waals surface area contributed by atoms with E-state index in [1.807, 2.05) is 0 Å². The summed E-state index contributed by atoms with van der Waals surface area (Å²) in [6.07, 6.45) is 0.167. The van der Waals surface area contributed by atoms with Crippen molar-refractivity contribution in [2.45, 2.75) is 40.6 Å². The van der Waals surface area contributed by atoms with Crippen LogP contribution in [-0.2, 0) is 9.59 Å². The lowest BCUT2D eigenvalue weighted by molar-refractivity contribution is -0.387. The average molecular weight is 447 g/mol. The fourth-order valence-electron chi connectivity index (χ4n) is 3.27. The third kappa shape index (κ3) is 4.24. The van der Waals surface area contributed by atoms with Gasteiger partial charge < -0.3 is 0 Å². The Balaban J connectivity index is 2.14. The number of ketones is 2. The van der Waals surface area contributed by atoms with Crippen LogP contribution in [0.15, 0.2) is 58.3 Å². The van der Waals surface area contributed by atoms with Crippen molar-refractivity contribution in [3.8, 4) is 0 Å². The highest BCUT2D eigenvalue weighted by Gasteiger charge is 2.55. The minimum absolute atomic E-state index is 0.0833. The quantitative estimate of drug-likeness (QED) is 0.262. The van der Waals surface area contributed by atoms with Crippen molar-refractivity contribution in [3.05, 3.63) is 68.8 Å². The second-order valence-electron chi connectivity index (χ2n) is 7.63. The van der Waals surface area contributed by atoms with Crippen LogP contribution >= 0.6 is 23.5 Å². The third-order valence-electron chi connectivity index (χ3n) is 4.64. The summed E-state index contributed by atoms with van der Waals surface area (Å²) in [6, 6.07) is 11.7. The topological polar surface area (TPSA) is 120 Å². The first-order chi connectivity index (χ1) is 14.1. The van der Waals surface area contributed by atoms with E-state index in [0.717, 1.165) is 23.5 Å². The van der Waals surface area contributed by atoms with Crippen LogP contribution in [0.3, 0.4) is 0 Å². The van der Waals surface area contributed by atoms with Crippen LogP contribution < -0.4 is 0 Å². The van der Waals surface area contributed by atoms with E-state index in [4.69, 9.17) is 0 Å². The van der Waals surface area contributed by atoms with Gasteiger partial charge in [0.25, 0.3) is 11.4 Å². The molecule has 0 heterocycles. The van der Waals surface area contributed by atoms with Crippen molar-refractivity contribution in [3.63, 3.8) is 0 Å². The molecule has 0 aliphatic heterocycles. The van der Waals surface area contributed by atoms with Gasteiger partial charge >= 0.3 is 0 Å². The fraction of sp³-hybridized carbons (Fsp3) is 0.300. The predicted octanol–water partition coefficient (Wildman–Crippen LogP) is 5.04.